The Morgan fingerprint density at radius 3 is 2.88 bits per heavy atom. The minimum Gasteiger partial charge on any atom is -0.490 e. The number of fused-ring (bicyclic) bond motifs is 1. The molecular weight excluding hydrogens is 282 g/mol. The summed E-state index contributed by atoms with van der Waals surface area (Å²) >= 11 is 3.61. The van der Waals surface area contributed by atoms with Crippen molar-refractivity contribution in [2.45, 2.75) is 26.2 Å². The molecule has 1 aromatic carbocycles. The van der Waals surface area contributed by atoms with E-state index in [0.29, 0.717) is 6.54 Å². The van der Waals surface area contributed by atoms with Gasteiger partial charge in [-0.3, -0.25) is 0 Å². The van der Waals surface area contributed by atoms with E-state index in [1.807, 2.05) is 6.07 Å². The molecule has 2 N–H and O–H groups in total. The first-order valence-electron chi connectivity index (χ1n) is 6.01. The van der Waals surface area contributed by atoms with Crippen molar-refractivity contribution >= 4 is 15.9 Å². The second-order valence-corrected chi connectivity index (χ2v) is 5.09. The van der Waals surface area contributed by atoms with Crippen LogP contribution < -0.4 is 15.2 Å². The molecule has 1 aliphatic heterocycles. The number of nitrogens with two attached hydrogens (primary N) is 1. The predicted molar refractivity (Wildman–Crippen MR) is 71.9 cm³/mol. The zero-order valence-corrected chi connectivity index (χ0v) is 11.7. The second kappa shape index (κ2) is 5.74. The van der Waals surface area contributed by atoms with E-state index in [0.717, 1.165) is 48.4 Å². The van der Waals surface area contributed by atoms with Gasteiger partial charge in [0, 0.05) is 10.9 Å². The van der Waals surface area contributed by atoms with Gasteiger partial charge in [0.15, 0.2) is 11.5 Å². The summed E-state index contributed by atoms with van der Waals surface area (Å²) in [6.07, 6.45) is 2.89. The third-order valence-electron chi connectivity index (χ3n) is 2.99. The number of hydrogen-bond acceptors (Lipinski definition) is 3. The van der Waals surface area contributed by atoms with Crippen molar-refractivity contribution in [1.82, 2.24) is 0 Å². The van der Waals surface area contributed by atoms with Crippen LogP contribution in [0.5, 0.6) is 11.5 Å². The Morgan fingerprint density at radius 2 is 2.12 bits per heavy atom. The first-order chi connectivity index (χ1) is 8.24. The SMILES string of the molecule is Cc1c(CCCN)c(Br)cc2c1OCCCO2. The molecule has 1 aromatic rings. The van der Waals surface area contributed by atoms with Crippen LogP contribution in [0.1, 0.15) is 24.0 Å². The van der Waals surface area contributed by atoms with Crippen molar-refractivity contribution in [2.24, 2.45) is 5.73 Å². The number of rotatable bonds is 3. The first-order valence-corrected chi connectivity index (χ1v) is 6.81. The van der Waals surface area contributed by atoms with Crippen LogP contribution in [0.2, 0.25) is 0 Å². The summed E-state index contributed by atoms with van der Waals surface area (Å²) in [5.74, 6) is 1.75. The molecule has 0 spiro atoms. The summed E-state index contributed by atoms with van der Waals surface area (Å²) in [6, 6.07) is 2.01. The fourth-order valence-electron chi connectivity index (χ4n) is 2.06. The zero-order chi connectivity index (χ0) is 12.3. The third kappa shape index (κ3) is 2.75. The van der Waals surface area contributed by atoms with Crippen LogP contribution in [0.3, 0.4) is 0 Å². The molecule has 17 heavy (non-hydrogen) atoms. The summed E-state index contributed by atoms with van der Waals surface area (Å²) in [4.78, 5) is 0. The van der Waals surface area contributed by atoms with Gasteiger partial charge in [-0.05, 0) is 43.5 Å². The Hall–Kier alpha value is -0.740. The molecule has 0 aromatic heterocycles. The van der Waals surface area contributed by atoms with E-state index in [4.69, 9.17) is 15.2 Å². The monoisotopic (exact) mass is 299 g/mol. The smallest absolute Gasteiger partial charge is 0.164 e. The standard InChI is InChI=1S/C13H18BrNO2/c1-9-10(4-2-5-15)11(14)8-12-13(9)17-7-3-6-16-12/h8H,2-7,15H2,1H3. The van der Waals surface area contributed by atoms with Crippen molar-refractivity contribution in [3.63, 3.8) is 0 Å². The average molecular weight is 300 g/mol. The van der Waals surface area contributed by atoms with E-state index < -0.39 is 0 Å². The first kappa shape index (κ1) is 12.7. The third-order valence-corrected chi connectivity index (χ3v) is 3.69. The molecule has 0 aliphatic carbocycles. The van der Waals surface area contributed by atoms with Gasteiger partial charge in [-0.2, -0.15) is 0 Å². The quantitative estimate of drug-likeness (QED) is 0.933. The summed E-state index contributed by atoms with van der Waals surface area (Å²) in [5, 5.41) is 0. The largest absolute Gasteiger partial charge is 0.490 e. The highest BCUT2D eigenvalue weighted by Gasteiger charge is 2.18. The maximum Gasteiger partial charge on any atom is 0.164 e. The number of hydrogen-bond donors (Lipinski definition) is 1. The maximum absolute atomic E-state index is 5.78. The zero-order valence-electron chi connectivity index (χ0n) is 10.1. The van der Waals surface area contributed by atoms with Crippen molar-refractivity contribution in [1.29, 1.82) is 0 Å². The Kier molecular flexibility index (Phi) is 4.29. The lowest BCUT2D eigenvalue weighted by Gasteiger charge is -2.16. The van der Waals surface area contributed by atoms with Crippen molar-refractivity contribution in [2.75, 3.05) is 19.8 Å². The fraction of sp³-hybridized carbons (Fsp3) is 0.538. The Bertz CT molecular complexity index is 407. The highest BCUT2D eigenvalue weighted by molar-refractivity contribution is 9.10. The summed E-state index contributed by atoms with van der Waals surface area (Å²) in [7, 11) is 0. The fourth-order valence-corrected chi connectivity index (χ4v) is 2.76. The predicted octanol–water partition coefficient (Wildman–Crippen LogP) is 2.81. The molecule has 0 radical (unpaired) electrons. The molecular formula is C13H18BrNO2. The Labute approximate surface area is 110 Å². The van der Waals surface area contributed by atoms with Gasteiger partial charge in [0.2, 0.25) is 0 Å². The van der Waals surface area contributed by atoms with E-state index in [1.54, 1.807) is 0 Å². The van der Waals surface area contributed by atoms with E-state index in [2.05, 4.69) is 22.9 Å². The van der Waals surface area contributed by atoms with Crippen molar-refractivity contribution in [3.8, 4) is 11.5 Å². The van der Waals surface area contributed by atoms with Crippen LogP contribution in [-0.2, 0) is 6.42 Å². The summed E-state index contributed by atoms with van der Waals surface area (Å²) in [6.45, 7) is 4.25. The molecule has 94 valence electrons. The molecule has 2 rings (SSSR count). The lowest BCUT2D eigenvalue weighted by atomic mass is 10.0. The number of halogens is 1. The Morgan fingerprint density at radius 1 is 1.35 bits per heavy atom. The number of ether oxygens (including phenoxy) is 2. The van der Waals surface area contributed by atoms with Crippen LogP contribution in [0.25, 0.3) is 0 Å². The normalized spacial score (nSPS) is 14.5. The molecule has 0 fully saturated rings. The van der Waals surface area contributed by atoms with Gasteiger partial charge in [-0.25, -0.2) is 0 Å². The summed E-state index contributed by atoms with van der Waals surface area (Å²) in [5.41, 5.74) is 8.02. The Balaban J connectivity index is 2.37. The molecule has 0 saturated carbocycles. The van der Waals surface area contributed by atoms with Crippen molar-refractivity contribution in [3.05, 3.63) is 21.7 Å². The minimum absolute atomic E-state index is 0.709. The molecule has 1 aliphatic rings. The maximum atomic E-state index is 5.78. The highest BCUT2D eigenvalue weighted by atomic mass is 79.9. The van der Waals surface area contributed by atoms with Crippen LogP contribution in [0, 0.1) is 6.92 Å². The molecule has 1 heterocycles. The molecule has 4 heteroatoms. The highest BCUT2D eigenvalue weighted by Crippen LogP contribution is 2.39. The molecule has 0 atom stereocenters. The molecule has 0 bridgehead atoms. The van der Waals surface area contributed by atoms with E-state index in [1.165, 1.54) is 11.1 Å². The van der Waals surface area contributed by atoms with Crippen LogP contribution >= 0.6 is 15.9 Å². The van der Waals surface area contributed by atoms with Gasteiger partial charge in [0.25, 0.3) is 0 Å². The van der Waals surface area contributed by atoms with Gasteiger partial charge >= 0.3 is 0 Å². The molecule has 3 nitrogen and oxygen atoms in total. The molecule has 0 saturated heterocycles. The van der Waals surface area contributed by atoms with Crippen LogP contribution in [-0.4, -0.2) is 19.8 Å². The van der Waals surface area contributed by atoms with E-state index >= 15 is 0 Å². The minimum atomic E-state index is 0.709. The van der Waals surface area contributed by atoms with Gasteiger partial charge in [0.1, 0.15) is 0 Å². The van der Waals surface area contributed by atoms with E-state index in [-0.39, 0.29) is 0 Å². The average Bonchev–Trinajstić information content (AvgIpc) is 2.54. The van der Waals surface area contributed by atoms with Crippen molar-refractivity contribution < 1.29 is 9.47 Å². The van der Waals surface area contributed by atoms with E-state index in [9.17, 15) is 0 Å². The van der Waals surface area contributed by atoms with Crippen LogP contribution in [0.4, 0.5) is 0 Å². The second-order valence-electron chi connectivity index (χ2n) is 4.23. The number of benzene rings is 1. The van der Waals surface area contributed by atoms with Crippen LogP contribution in [0.15, 0.2) is 10.5 Å². The lowest BCUT2D eigenvalue weighted by Crippen LogP contribution is -2.04. The summed E-state index contributed by atoms with van der Waals surface area (Å²) < 4.78 is 12.6. The van der Waals surface area contributed by atoms with Gasteiger partial charge < -0.3 is 15.2 Å². The topological polar surface area (TPSA) is 44.5 Å². The van der Waals surface area contributed by atoms with Gasteiger partial charge in [-0.1, -0.05) is 15.9 Å². The molecule has 0 unspecified atom stereocenters. The van der Waals surface area contributed by atoms with Gasteiger partial charge in [-0.15, -0.1) is 0 Å². The lowest BCUT2D eigenvalue weighted by molar-refractivity contribution is 0.296. The van der Waals surface area contributed by atoms with Gasteiger partial charge in [0.05, 0.1) is 13.2 Å². The molecule has 0 amide bonds.